The van der Waals surface area contributed by atoms with Crippen LogP contribution in [-0.2, 0) is 0 Å². The van der Waals surface area contributed by atoms with E-state index < -0.39 is 23.7 Å². The Labute approximate surface area is 119 Å². The van der Waals surface area contributed by atoms with Gasteiger partial charge in [-0.15, -0.1) is 0 Å². The van der Waals surface area contributed by atoms with Crippen LogP contribution in [0.4, 0.5) is 8.78 Å². The average Bonchev–Trinajstić information content (AvgIpc) is 2.73. The van der Waals surface area contributed by atoms with Gasteiger partial charge in [-0.2, -0.15) is 0 Å². The molecule has 4 heteroatoms. The van der Waals surface area contributed by atoms with Gasteiger partial charge in [0.1, 0.15) is 11.6 Å². The molecule has 0 amide bonds. The fraction of sp³-hybridized carbons (Fsp3) is 0.625. The molecule has 20 heavy (non-hydrogen) atoms. The maximum Gasteiger partial charge on any atom is 0.129 e. The number of rotatable bonds is 4. The lowest BCUT2D eigenvalue weighted by Gasteiger charge is -2.24. The third-order valence-corrected chi connectivity index (χ3v) is 5.50. The van der Waals surface area contributed by atoms with Crippen LogP contribution in [0.25, 0.3) is 0 Å². The Balaban J connectivity index is 2.30. The van der Waals surface area contributed by atoms with Gasteiger partial charge in [0.25, 0.3) is 0 Å². The van der Waals surface area contributed by atoms with Crippen LogP contribution in [0.15, 0.2) is 18.2 Å². The summed E-state index contributed by atoms with van der Waals surface area (Å²) in [6, 6.07) is 3.43. The van der Waals surface area contributed by atoms with Gasteiger partial charge in [0.2, 0.25) is 0 Å². The molecule has 0 saturated heterocycles. The Bertz CT molecular complexity index is 499. The molecule has 1 fully saturated rings. The fourth-order valence-corrected chi connectivity index (χ4v) is 3.59. The van der Waals surface area contributed by atoms with E-state index in [0.29, 0.717) is 5.56 Å². The van der Waals surface area contributed by atoms with Gasteiger partial charge in [-0.25, -0.2) is 8.78 Å². The summed E-state index contributed by atoms with van der Waals surface area (Å²) in [5.41, 5.74) is 5.99. The highest BCUT2D eigenvalue weighted by Gasteiger charge is 2.67. The topological polar surface area (TPSA) is 46.2 Å². The van der Waals surface area contributed by atoms with E-state index >= 15 is 0 Å². The number of nitrogens with two attached hydrogens (primary N) is 1. The predicted molar refractivity (Wildman–Crippen MR) is 75.2 cm³/mol. The number of aliphatic hydroxyl groups is 1. The van der Waals surface area contributed by atoms with Crippen LogP contribution >= 0.6 is 0 Å². The van der Waals surface area contributed by atoms with Crippen LogP contribution in [0.5, 0.6) is 0 Å². The fourth-order valence-electron chi connectivity index (χ4n) is 3.59. The van der Waals surface area contributed by atoms with Crippen molar-refractivity contribution in [3.63, 3.8) is 0 Å². The van der Waals surface area contributed by atoms with Gasteiger partial charge in [0.15, 0.2) is 0 Å². The second-order valence-corrected chi connectivity index (χ2v) is 6.92. The smallest absolute Gasteiger partial charge is 0.129 e. The maximum absolute atomic E-state index is 13.9. The third kappa shape index (κ3) is 2.15. The average molecular weight is 283 g/mol. The molecule has 1 aliphatic rings. The zero-order valence-corrected chi connectivity index (χ0v) is 12.5. The second-order valence-electron chi connectivity index (χ2n) is 6.92. The largest absolute Gasteiger partial charge is 0.392 e. The first kappa shape index (κ1) is 15.4. The molecule has 0 aromatic heterocycles. The number of benzene rings is 1. The molecule has 0 aliphatic heterocycles. The first-order valence-electron chi connectivity index (χ1n) is 6.97. The van der Waals surface area contributed by atoms with Gasteiger partial charge in [0, 0.05) is 18.5 Å². The van der Waals surface area contributed by atoms with E-state index in [1.54, 1.807) is 0 Å². The minimum Gasteiger partial charge on any atom is -0.392 e. The standard InChI is InChI=1S/C16H23F2NO/c1-15(2)14(16(15,3)4)13(20)11(8-19)10-6-5-9(17)7-12(10)18/h5-7,11,13-14,20H,8,19H2,1-4H3. The van der Waals surface area contributed by atoms with Gasteiger partial charge in [-0.1, -0.05) is 33.8 Å². The number of aliphatic hydroxyl groups excluding tert-OH is 1. The van der Waals surface area contributed by atoms with Crippen LogP contribution < -0.4 is 5.73 Å². The summed E-state index contributed by atoms with van der Waals surface area (Å²) >= 11 is 0. The Kier molecular flexibility index (Phi) is 3.68. The normalized spacial score (nSPS) is 23.4. The van der Waals surface area contributed by atoms with Gasteiger partial charge in [-0.05, 0) is 28.4 Å². The van der Waals surface area contributed by atoms with Crippen LogP contribution in [0.3, 0.4) is 0 Å². The number of halogens is 2. The van der Waals surface area contributed by atoms with Crippen molar-refractivity contribution in [2.75, 3.05) is 6.54 Å². The first-order chi connectivity index (χ1) is 9.14. The van der Waals surface area contributed by atoms with Crippen molar-refractivity contribution in [1.82, 2.24) is 0 Å². The Morgan fingerprint density at radius 3 is 2.15 bits per heavy atom. The van der Waals surface area contributed by atoms with E-state index in [1.165, 1.54) is 12.1 Å². The van der Waals surface area contributed by atoms with Crippen molar-refractivity contribution in [1.29, 1.82) is 0 Å². The quantitative estimate of drug-likeness (QED) is 0.892. The highest BCUT2D eigenvalue weighted by atomic mass is 19.1. The van der Waals surface area contributed by atoms with Gasteiger partial charge in [0.05, 0.1) is 6.10 Å². The molecule has 2 rings (SSSR count). The zero-order valence-electron chi connectivity index (χ0n) is 12.5. The minimum atomic E-state index is -0.732. The molecule has 2 unspecified atom stereocenters. The molecule has 2 nitrogen and oxygen atoms in total. The lowest BCUT2D eigenvalue weighted by molar-refractivity contribution is 0.101. The molecule has 0 spiro atoms. The molecule has 2 atom stereocenters. The van der Waals surface area contributed by atoms with Crippen molar-refractivity contribution in [2.45, 2.75) is 39.7 Å². The Morgan fingerprint density at radius 1 is 1.20 bits per heavy atom. The highest BCUT2D eigenvalue weighted by molar-refractivity contribution is 5.27. The van der Waals surface area contributed by atoms with E-state index in [2.05, 4.69) is 27.7 Å². The highest BCUT2D eigenvalue weighted by Crippen LogP contribution is 2.70. The number of hydrogen-bond donors (Lipinski definition) is 2. The molecule has 3 N–H and O–H groups in total. The predicted octanol–water partition coefficient (Wildman–Crippen LogP) is 3.05. The van der Waals surface area contributed by atoms with Crippen molar-refractivity contribution in [3.8, 4) is 0 Å². The molecule has 1 saturated carbocycles. The van der Waals surface area contributed by atoms with E-state index in [9.17, 15) is 13.9 Å². The van der Waals surface area contributed by atoms with Crippen LogP contribution in [-0.4, -0.2) is 17.8 Å². The molecule has 1 aromatic carbocycles. The third-order valence-electron chi connectivity index (χ3n) is 5.50. The van der Waals surface area contributed by atoms with Gasteiger partial charge in [-0.3, -0.25) is 0 Å². The van der Waals surface area contributed by atoms with Gasteiger partial charge < -0.3 is 10.8 Å². The SMILES string of the molecule is CC1(C)C(C(O)C(CN)c2ccc(F)cc2F)C1(C)C. The number of hydrogen-bond acceptors (Lipinski definition) is 2. The Hall–Kier alpha value is -1.00. The monoisotopic (exact) mass is 283 g/mol. The summed E-state index contributed by atoms with van der Waals surface area (Å²) in [7, 11) is 0. The van der Waals surface area contributed by atoms with Crippen LogP contribution in [0, 0.1) is 28.4 Å². The molecular weight excluding hydrogens is 260 g/mol. The van der Waals surface area contributed by atoms with E-state index in [4.69, 9.17) is 5.73 Å². The molecule has 112 valence electrons. The summed E-state index contributed by atoms with van der Waals surface area (Å²) in [5.74, 6) is -1.73. The first-order valence-corrected chi connectivity index (χ1v) is 6.97. The van der Waals surface area contributed by atoms with Crippen LogP contribution in [0.2, 0.25) is 0 Å². The van der Waals surface area contributed by atoms with E-state index in [0.717, 1.165) is 6.07 Å². The lowest BCUT2D eigenvalue weighted by Crippen LogP contribution is -2.30. The maximum atomic E-state index is 13.9. The molecule has 0 radical (unpaired) electrons. The van der Waals surface area contributed by atoms with Crippen LogP contribution in [0.1, 0.15) is 39.2 Å². The summed E-state index contributed by atoms with van der Waals surface area (Å²) in [5, 5.41) is 10.6. The summed E-state index contributed by atoms with van der Waals surface area (Å²) < 4.78 is 26.9. The van der Waals surface area contributed by atoms with Crippen molar-refractivity contribution in [2.24, 2.45) is 22.5 Å². The Morgan fingerprint density at radius 2 is 1.75 bits per heavy atom. The molecule has 0 bridgehead atoms. The van der Waals surface area contributed by atoms with E-state index in [1.807, 2.05) is 0 Å². The van der Waals surface area contributed by atoms with Gasteiger partial charge >= 0.3 is 0 Å². The molecule has 1 aromatic rings. The van der Waals surface area contributed by atoms with Crippen molar-refractivity contribution < 1.29 is 13.9 Å². The molecule has 1 aliphatic carbocycles. The summed E-state index contributed by atoms with van der Waals surface area (Å²) in [6.07, 6.45) is -0.732. The lowest BCUT2D eigenvalue weighted by atomic mass is 9.87. The molecule has 0 heterocycles. The second kappa shape index (κ2) is 4.78. The van der Waals surface area contributed by atoms with E-state index in [-0.39, 0.29) is 23.3 Å². The zero-order chi connectivity index (χ0) is 15.3. The minimum absolute atomic E-state index is 0.0175. The van der Waals surface area contributed by atoms with Crippen molar-refractivity contribution in [3.05, 3.63) is 35.4 Å². The summed E-state index contributed by atoms with van der Waals surface area (Å²) in [4.78, 5) is 0. The summed E-state index contributed by atoms with van der Waals surface area (Å²) in [6.45, 7) is 8.50. The van der Waals surface area contributed by atoms with Crippen molar-refractivity contribution >= 4 is 0 Å². The molecular formula is C16H23F2NO.